The summed E-state index contributed by atoms with van der Waals surface area (Å²) in [6, 6.07) is 5.41. The molecule has 1 rings (SSSR count). The van der Waals surface area contributed by atoms with Gasteiger partial charge >= 0.3 is 6.09 Å². The zero-order valence-corrected chi connectivity index (χ0v) is 26.0. The number of carbonyl (C=O) groups excluding carboxylic acids is 3. The number of ether oxygens (including phenoxy) is 1. The van der Waals surface area contributed by atoms with Gasteiger partial charge < -0.3 is 20.3 Å². The Balaban J connectivity index is 3.57. The van der Waals surface area contributed by atoms with Crippen LogP contribution in [0.1, 0.15) is 104 Å². The third-order valence-electron chi connectivity index (χ3n) is 5.85. The maximum atomic E-state index is 14.3. The predicted molar refractivity (Wildman–Crippen MR) is 162 cm³/mol. The highest BCUT2D eigenvalue weighted by molar-refractivity contribution is 7.98. The standard InChI is InChI=1S/C31H49N3O4S/c1-10-12-13-14-17-21-34(28(36)25(20-22-39-9)32-29(37)38-31(6,7)8)26(27(35)33-30(3,4)5)24-19-16-15-18-23(24)11-2/h2,15-16,18-19,25-26H,10,12-14,17,20-22H2,1,3-9H3,(H,32,37)(H,33,35). The fourth-order valence-electron chi connectivity index (χ4n) is 4.15. The van der Waals surface area contributed by atoms with Gasteiger partial charge in [-0.15, -0.1) is 6.42 Å². The fourth-order valence-corrected chi connectivity index (χ4v) is 4.62. The molecule has 0 radical (unpaired) electrons. The minimum Gasteiger partial charge on any atom is -0.444 e. The molecule has 0 saturated carbocycles. The van der Waals surface area contributed by atoms with Gasteiger partial charge in [-0.05, 0) is 78.0 Å². The quantitative estimate of drug-likeness (QED) is 0.213. The van der Waals surface area contributed by atoms with E-state index >= 15 is 0 Å². The minimum absolute atomic E-state index is 0.312. The highest BCUT2D eigenvalue weighted by Crippen LogP contribution is 2.28. The number of nitrogens with zero attached hydrogens (tertiary/aromatic N) is 1. The smallest absolute Gasteiger partial charge is 0.408 e. The van der Waals surface area contributed by atoms with E-state index in [0.717, 1.165) is 32.1 Å². The second kappa shape index (κ2) is 16.4. The van der Waals surface area contributed by atoms with Crippen molar-refractivity contribution in [3.63, 3.8) is 0 Å². The van der Waals surface area contributed by atoms with Gasteiger partial charge in [-0.25, -0.2) is 4.79 Å². The number of hydrogen-bond acceptors (Lipinski definition) is 5. The number of benzene rings is 1. The molecule has 0 heterocycles. The highest BCUT2D eigenvalue weighted by Gasteiger charge is 2.37. The summed E-state index contributed by atoms with van der Waals surface area (Å²) in [5, 5.41) is 5.84. The lowest BCUT2D eigenvalue weighted by atomic mass is 9.96. The summed E-state index contributed by atoms with van der Waals surface area (Å²) in [7, 11) is 0. The van der Waals surface area contributed by atoms with Crippen LogP contribution in [0.15, 0.2) is 24.3 Å². The molecule has 39 heavy (non-hydrogen) atoms. The highest BCUT2D eigenvalue weighted by atomic mass is 32.2. The van der Waals surface area contributed by atoms with E-state index in [2.05, 4.69) is 23.5 Å². The van der Waals surface area contributed by atoms with E-state index in [1.165, 1.54) is 0 Å². The van der Waals surface area contributed by atoms with Gasteiger partial charge in [0.05, 0.1) is 0 Å². The van der Waals surface area contributed by atoms with Gasteiger partial charge in [-0.3, -0.25) is 9.59 Å². The summed E-state index contributed by atoms with van der Waals surface area (Å²) in [4.78, 5) is 42.5. The predicted octanol–water partition coefficient (Wildman–Crippen LogP) is 6.07. The van der Waals surface area contributed by atoms with E-state index in [9.17, 15) is 14.4 Å². The summed E-state index contributed by atoms with van der Waals surface area (Å²) in [5.41, 5.74) is -0.0963. The second-order valence-corrected chi connectivity index (χ2v) is 12.8. The van der Waals surface area contributed by atoms with E-state index in [4.69, 9.17) is 11.2 Å². The van der Waals surface area contributed by atoms with Crippen LogP contribution >= 0.6 is 11.8 Å². The number of carbonyl (C=O) groups is 3. The molecule has 7 nitrogen and oxygen atoms in total. The van der Waals surface area contributed by atoms with Crippen molar-refractivity contribution in [2.45, 2.75) is 110 Å². The average molecular weight is 560 g/mol. The summed E-state index contributed by atoms with van der Waals surface area (Å²) in [5.74, 6) is 2.69. The van der Waals surface area contributed by atoms with E-state index in [1.807, 2.05) is 39.2 Å². The molecule has 0 aliphatic rings. The minimum atomic E-state index is -0.952. The van der Waals surface area contributed by atoms with Crippen LogP contribution in [-0.2, 0) is 14.3 Å². The maximum absolute atomic E-state index is 14.3. The van der Waals surface area contributed by atoms with Gasteiger partial charge in [-0.2, -0.15) is 11.8 Å². The van der Waals surface area contributed by atoms with Crippen molar-refractivity contribution >= 4 is 29.7 Å². The first-order valence-electron chi connectivity index (χ1n) is 13.9. The van der Waals surface area contributed by atoms with Crippen LogP contribution in [0.4, 0.5) is 4.79 Å². The Bertz CT molecular complexity index is 975. The normalized spacial score (nSPS) is 13.1. The number of rotatable bonds is 14. The number of terminal acetylenes is 1. The molecule has 0 bridgehead atoms. The van der Waals surface area contributed by atoms with Crippen molar-refractivity contribution < 1.29 is 19.1 Å². The summed E-state index contributed by atoms with van der Waals surface area (Å²) < 4.78 is 5.47. The second-order valence-electron chi connectivity index (χ2n) is 11.8. The monoisotopic (exact) mass is 559 g/mol. The van der Waals surface area contributed by atoms with Crippen LogP contribution in [0, 0.1) is 12.3 Å². The molecule has 2 N–H and O–H groups in total. The average Bonchev–Trinajstić information content (AvgIpc) is 2.83. The van der Waals surface area contributed by atoms with Gasteiger partial charge in [0.25, 0.3) is 0 Å². The van der Waals surface area contributed by atoms with E-state index in [-0.39, 0.29) is 11.8 Å². The van der Waals surface area contributed by atoms with Gasteiger partial charge in [0.1, 0.15) is 17.7 Å². The Morgan fingerprint density at radius 2 is 1.69 bits per heavy atom. The van der Waals surface area contributed by atoms with Gasteiger partial charge in [0.2, 0.25) is 11.8 Å². The van der Waals surface area contributed by atoms with Crippen LogP contribution in [0.3, 0.4) is 0 Å². The van der Waals surface area contributed by atoms with Crippen LogP contribution in [0.25, 0.3) is 0 Å². The van der Waals surface area contributed by atoms with Crippen molar-refractivity contribution in [2.24, 2.45) is 0 Å². The Morgan fingerprint density at radius 3 is 2.26 bits per heavy atom. The van der Waals surface area contributed by atoms with E-state index in [0.29, 0.717) is 29.8 Å². The van der Waals surface area contributed by atoms with Crippen LogP contribution in [-0.4, -0.2) is 58.5 Å². The number of unbranched alkanes of at least 4 members (excludes halogenated alkanes) is 4. The Labute approximate surface area is 240 Å². The summed E-state index contributed by atoms with van der Waals surface area (Å²) in [6.07, 6.45) is 12.4. The van der Waals surface area contributed by atoms with Gasteiger partial charge in [0, 0.05) is 17.6 Å². The third-order valence-corrected chi connectivity index (χ3v) is 6.50. The molecule has 8 heteroatoms. The fraction of sp³-hybridized carbons (Fsp3) is 0.645. The van der Waals surface area contributed by atoms with Crippen molar-refractivity contribution in [1.82, 2.24) is 15.5 Å². The van der Waals surface area contributed by atoms with Crippen LogP contribution in [0.2, 0.25) is 0 Å². The first-order valence-corrected chi connectivity index (χ1v) is 15.3. The Morgan fingerprint density at radius 1 is 1.05 bits per heavy atom. The molecule has 1 aromatic carbocycles. The molecule has 218 valence electrons. The molecule has 2 unspecified atom stereocenters. The number of nitrogens with one attached hydrogen (secondary N) is 2. The molecule has 0 saturated heterocycles. The molecule has 0 aliphatic heterocycles. The van der Waals surface area contributed by atoms with Crippen LogP contribution < -0.4 is 10.6 Å². The lowest BCUT2D eigenvalue weighted by Gasteiger charge is -2.36. The first-order chi connectivity index (χ1) is 18.2. The SMILES string of the molecule is C#Cc1ccccc1C(C(=O)NC(C)(C)C)N(CCCCCCC)C(=O)C(CCSC)NC(=O)OC(C)(C)C. The number of amides is 3. The van der Waals surface area contributed by atoms with Crippen LogP contribution in [0.5, 0.6) is 0 Å². The van der Waals surface area contributed by atoms with E-state index in [1.54, 1.807) is 49.6 Å². The third kappa shape index (κ3) is 12.8. The zero-order chi connectivity index (χ0) is 29.6. The van der Waals surface area contributed by atoms with Crippen molar-refractivity contribution in [1.29, 1.82) is 0 Å². The van der Waals surface area contributed by atoms with Gasteiger partial charge in [0.15, 0.2) is 0 Å². The topological polar surface area (TPSA) is 87.7 Å². The Kier molecular flexibility index (Phi) is 14.5. The van der Waals surface area contributed by atoms with Crippen molar-refractivity contribution in [3.05, 3.63) is 35.4 Å². The first kappa shape index (κ1) is 34.4. The molecular weight excluding hydrogens is 510 g/mol. The molecule has 0 aromatic heterocycles. The lowest BCUT2D eigenvalue weighted by Crippen LogP contribution is -2.55. The summed E-state index contributed by atoms with van der Waals surface area (Å²) in [6.45, 7) is 13.5. The van der Waals surface area contributed by atoms with Crippen molar-refractivity contribution in [3.8, 4) is 12.3 Å². The Hall–Kier alpha value is -2.66. The number of alkyl carbamates (subject to hydrolysis) is 1. The molecule has 2 atom stereocenters. The number of thioether (sulfide) groups is 1. The molecule has 0 fully saturated rings. The number of hydrogen-bond donors (Lipinski definition) is 2. The molecule has 0 spiro atoms. The zero-order valence-electron chi connectivity index (χ0n) is 25.2. The van der Waals surface area contributed by atoms with E-state index < -0.39 is 29.3 Å². The molecule has 1 aromatic rings. The summed E-state index contributed by atoms with van der Waals surface area (Å²) >= 11 is 1.58. The maximum Gasteiger partial charge on any atom is 0.408 e. The van der Waals surface area contributed by atoms with Gasteiger partial charge in [-0.1, -0.05) is 56.7 Å². The molecular formula is C31H49N3O4S. The lowest BCUT2D eigenvalue weighted by molar-refractivity contribution is -0.143. The largest absolute Gasteiger partial charge is 0.444 e. The van der Waals surface area contributed by atoms with Crippen molar-refractivity contribution in [2.75, 3.05) is 18.6 Å². The molecule has 0 aliphatic carbocycles. The molecule has 3 amide bonds.